The van der Waals surface area contributed by atoms with E-state index in [4.69, 9.17) is 43.8 Å². The lowest BCUT2D eigenvalue weighted by atomic mass is 9.98. The molecule has 60 heavy (non-hydrogen) atoms. The Morgan fingerprint density at radius 3 is 2.15 bits per heavy atom. The van der Waals surface area contributed by atoms with Gasteiger partial charge in [0.25, 0.3) is 5.56 Å². The zero-order valence-electron chi connectivity index (χ0n) is 33.3. The molecule has 5 unspecified atom stereocenters. The first-order valence-electron chi connectivity index (χ1n) is 18.6. The highest BCUT2D eigenvalue weighted by Gasteiger charge is 2.53. The van der Waals surface area contributed by atoms with Crippen LogP contribution in [0.25, 0.3) is 22.3 Å². The number of fused-ring (bicyclic) bond motifs is 4. The Balaban J connectivity index is 1.23. The van der Waals surface area contributed by atoms with Crippen LogP contribution < -0.4 is 17.0 Å². The molecule has 27 heteroatoms. The van der Waals surface area contributed by atoms with Crippen molar-refractivity contribution in [1.82, 2.24) is 39.0 Å². The van der Waals surface area contributed by atoms with Gasteiger partial charge in [-0.05, 0) is 54.4 Å². The van der Waals surface area contributed by atoms with Gasteiger partial charge in [-0.2, -0.15) is 4.98 Å². The zero-order valence-corrected chi connectivity index (χ0v) is 36.7. The van der Waals surface area contributed by atoms with Gasteiger partial charge in [-0.25, -0.2) is 33.5 Å². The number of esters is 2. The van der Waals surface area contributed by atoms with Crippen LogP contribution in [-0.4, -0.2) is 101 Å². The largest absolute Gasteiger partial charge is 0.454 e. The predicted octanol–water partition coefficient (Wildman–Crippen LogP) is 4.90. The van der Waals surface area contributed by atoms with Gasteiger partial charge in [0.15, 0.2) is 35.0 Å². The number of hydrogen-bond donors (Lipinski definition) is 3. The summed E-state index contributed by atoms with van der Waals surface area (Å²) >= 11 is 1.12. The van der Waals surface area contributed by atoms with Crippen molar-refractivity contribution in [3.05, 3.63) is 29.3 Å². The maximum atomic E-state index is 16.9. The Kier molecular flexibility index (Phi) is 12.5. The van der Waals surface area contributed by atoms with Crippen LogP contribution in [-0.2, 0) is 51.0 Å². The lowest BCUT2D eigenvalue weighted by Crippen LogP contribution is -2.34. The van der Waals surface area contributed by atoms with Crippen LogP contribution in [0.3, 0.4) is 0 Å². The minimum Gasteiger partial charge on any atom is -0.454 e. The van der Waals surface area contributed by atoms with Crippen molar-refractivity contribution in [3.63, 3.8) is 0 Å². The molecule has 1 aliphatic carbocycles. The normalized spacial score (nSPS) is 30.4. The van der Waals surface area contributed by atoms with Gasteiger partial charge in [0.1, 0.15) is 35.9 Å². The van der Waals surface area contributed by atoms with E-state index in [1.165, 1.54) is 23.5 Å². The summed E-state index contributed by atoms with van der Waals surface area (Å²) in [5.41, 5.74) is 10.00. The average molecular weight is 919 g/mol. The van der Waals surface area contributed by atoms with E-state index in [2.05, 4.69) is 29.9 Å². The number of aromatic nitrogens is 8. The lowest BCUT2D eigenvalue weighted by Gasteiger charge is -2.30. The third-order valence-corrected chi connectivity index (χ3v) is 16.5. The average Bonchev–Trinajstić information content (AvgIpc) is 3.94. The molecule has 0 aromatic carbocycles. The van der Waals surface area contributed by atoms with Crippen molar-refractivity contribution < 1.29 is 55.4 Å². The summed E-state index contributed by atoms with van der Waals surface area (Å²) in [5, 5.41) is 0. The number of nitrogens with one attached hydrogen (secondary N) is 1. The number of nitrogens with zero attached hydrogens (tertiary/aromatic N) is 7. The summed E-state index contributed by atoms with van der Waals surface area (Å²) in [6.07, 6.45) is -3.55. The summed E-state index contributed by atoms with van der Waals surface area (Å²) in [5.74, 6) is -2.92. The van der Waals surface area contributed by atoms with E-state index in [9.17, 15) is 23.5 Å². The molecule has 0 bridgehead atoms. The third-order valence-electron chi connectivity index (χ3n) is 9.76. The van der Waals surface area contributed by atoms with E-state index >= 15 is 4.39 Å². The van der Waals surface area contributed by atoms with Gasteiger partial charge in [0, 0.05) is 34.7 Å². The smallest absolute Gasteiger partial charge is 0.392 e. The maximum absolute atomic E-state index is 16.9. The summed E-state index contributed by atoms with van der Waals surface area (Å²) < 4.78 is 90.8. The minimum absolute atomic E-state index is 0.0295. The Hall–Kier alpha value is -3.67. The number of anilines is 2. The number of carbonyl (C=O) groups excluding carboxylic acids is 2. The molecule has 5 N–H and O–H groups in total. The number of alkyl halides is 1. The van der Waals surface area contributed by atoms with Gasteiger partial charge < -0.3 is 34.8 Å². The molecule has 6 heterocycles. The van der Waals surface area contributed by atoms with Crippen molar-refractivity contribution in [2.75, 3.05) is 36.6 Å². The number of carbonyl (C=O) groups is 2. The number of nitrogen functional groups attached to an aromatic ring is 2. The van der Waals surface area contributed by atoms with Gasteiger partial charge in [0.05, 0.1) is 42.8 Å². The third kappa shape index (κ3) is 9.38. The summed E-state index contributed by atoms with van der Waals surface area (Å²) in [7, 11) is 0. The molecule has 22 nitrogen and oxygen atoms in total. The molecule has 2 aliphatic heterocycles. The van der Waals surface area contributed by atoms with E-state index in [0.29, 0.717) is 22.8 Å². The number of rotatable bonds is 8. The van der Waals surface area contributed by atoms with E-state index < -0.39 is 103 Å². The van der Waals surface area contributed by atoms with Crippen LogP contribution in [0.15, 0.2) is 23.8 Å². The fourth-order valence-corrected chi connectivity index (χ4v) is 12.3. The minimum atomic E-state index is -4.49. The van der Waals surface area contributed by atoms with Gasteiger partial charge in [-0.1, -0.05) is 0 Å². The van der Waals surface area contributed by atoms with E-state index in [1.807, 2.05) is 0 Å². The molecule has 7 rings (SSSR count). The van der Waals surface area contributed by atoms with Gasteiger partial charge in [-0.15, -0.1) is 0 Å². The molecule has 1 saturated carbocycles. The number of halogens is 1. The van der Waals surface area contributed by atoms with Crippen molar-refractivity contribution in [3.8, 4) is 0 Å². The number of nitrogens with two attached hydrogens (primary N) is 2. The fraction of sp³-hybridized carbons (Fsp3) is 0.636. The second-order valence-corrected chi connectivity index (χ2v) is 24.3. The molecular formula is C33H45FN10O12P2S2. The highest BCUT2D eigenvalue weighted by atomic mass is 32.7. The van der Waals surface area contributed by atoms with Crippen LogP contribution in [0.5, 0.6) is 0 Å². The van der Waals surface area contributed by atoms with Crippen LogP contribution in [0.1, 0.15) is 66.7 Å². The number of H-pyrrole nitrogens is 1. The lowest BCUT2D eigenvalue weighted by molar-refractivity contribution is -0.151. The van der Waals surface area contributed by atoms with Crippen LogP contribution in [0.4, 0.5) is 16.2 Å². The van der Waals surface area contributed by atoms with Crippen molar-refractivity contribution >= 4 is 82.4 Å². The summed E-state index contributed by atoms with van der Waals surface area (Å²) in [6, 6.07) is -0.508. The topological polar surface area (TPSA) is 292 Å². The molecule has 0 spiro atoms. The SMILES string of the molecule is CC(C)(C)C(=O)OCSP1(=O)OC[C@H]2O[C@@H](n3cnc4c(N)ncnc43)C(F)C2OP(=O)(SCOC(=O)C(C)(C)C)OC[C@H]2C[C@@H](n3cnc4c(=O)[nH]c(N)nc43)CC2O1. The second-order valence-electron chi connectivity index (χ2n) is 16.3. The predicted molar refractivity (Wildman–Crippen MR) is 216 cm³/mol. The summed E-state index contributed by atoms with van der Waals surface area (Å²) in [4.78, 5) is 61.1. The molecule has 328 valence electrons. The van der Waals surface area contributed by atoms with E-state index in [1.54, 1.807) is 46.1 Å². The molecular weight excluding hydrogens is 874 g/mol. The Labute approximate surface area is 349 Å². The van der Waals surface area contributed by atoms with Crippen molar-refractivity contribution in [1.29, 1.82) is 0 Å². The highest BCUT2D eigenvalue weighted by Crippen LogP contribution is 2.67. The standard InChI is InChI=1S/C33H45FN10O12P2S2/c1-32(2,3)29(46)50-14-59-57(48)53-10-19-23(20(34)28(54-19)44-13-39-21-24(35)37-11-38-25(21)44)56-58(49,60-15-51-30(47)33(4,5)6)52-9-16-7-17(8-18(16)55-57)43-12-40-22-26(43)41-31(36)42-27(22)45/h11-13,16-20,23,28H,7-10,14-15H2,1-6H3,(H2,35,37,38)(H3,36,41,42,45)/t16-,17-,18?,19-,20?,23?,28-,57?,58?/m1/s1. The van der Waals surface area contributed by atoms with Crippen LogP contribution >= 0.6 is 36.4 Å². The summed E-state index contributed by atoms with van der Waals surface area (Å²) in [6.45, 7) is 0.0268. The van der Waals surface area contributed by atoms with Crippen molar-refractivity contribution in [2.24, 2.45) is 16.7 Å². The van der Waals surface area contributed by atoms with Gasteiger partial charge in [-0.3, -0.25) is 37.5 Å². The number of aromatic amines is 1. The molecule has 9 atom stereocenters. The number of hydrogen-bond acceptors (Lipinski definition) is 21. The van der Waals surface area contributed by atoms with Gasteiger partial charge in [0.2, 0.25) is 5.95 Å². The highest BCUT2D eigenvalue weighted by molar-refractivity contribution is 8.55. The zero-order chi connectivity index (χ0) is 43.4. The Bertz CT molecular complexity index is 2430. The van der Waals surface area contributed by atoms with Crippen LogP contribution in [0, 0.1) is 16.7 Å². The van der Waals surface area contributed by atoms with Gasteiger partial charge >= 0.3 is 25.5 Å². The van der Waals surface area contributed by atoms with E-state index in [0.717, 1.165) is 0 Å². The molecule has 4 aromatic heterocycles. The second kappa shape index (κ2) is 16.9. The Morgan fingerprint density at radius 1 is 0.867 bits per heavy atom. The molecule has 4 aromatic rings. The first-order chi connectivity index (χ1) is 28.1. The molecule has 3 aliphatic rings. The molecule has 3 fully saturated rings. The van der Waals surface area contributed by atoms with Crippen molar-refractivity contribution in [2.45, 2.75) is 91.1 Å². The quantitative estimate of drug-likeness (QED) is 0.120. The molecule has 0 amide bonds. The van der Waals surface area contributed by atoms with Crippen LogP contribution in [0.2, 0.25) is 0 Å². The maximum Gasteiger partial charge on any atom is 0.392 e. The molecule has 2 saturated heterocycles. The van der Waals surface area contributed by atoms with E-state index in [-0.39, 0.29) is 53.5 Å². The number of imidazole rings is 2. The first-order valence-corrected chi connectivity index (χ1v) is 24.9. The number of ether oxygens (including phenoxy) is 3. The first kappa shape index (κ1) is 44.4. The monoisotopic (exact) mass is 918 g/mol. The fourth-order valence-electron chi connectivity index (χ4n) is 6.62. The Morgan fingerprint density at radius 2 is 1.48 bits per heavy atom. The molecule has 0 radical (unpaired) electrons.